The number of hydrogen-bond acceptors (Lipinski definition) is 6. The summed E-state index contributed by atoms with van der Waals surface area (Å²) in [5.41, 5.74) is 3.11. The number of hydrogen-bond donors (Lipinski definition) is 1. The van der Waals surface area contributed by atoms with Gasteiger partial charge in [-0.05, 0) is 31.5 Å². The molecule has 1 N–H and O–H groups in total. The molecule has 0 spiro atoms. The van der Waals surface area contributed by atoms with Crippen molar-refractivity contribution < 1.29 is 0 Å². The molecule has 1 aliphatic rings. The van der Waals surface area contributed by atoms with Crippen LogP contribution in [-0.4, -0.2) is 46.1 Å². The lowest BCUT2D eigenvalue weighted by Gasteiger charge is -2.23. The number of thiazole rings is 1. The first kappa shape index (κ1) is 15.6. The van der Waals surface area contributed by atoms with Gasteiger partial charge < -0.3 is 14.8 Å². The van der Waals surface area contributed by atoms with Gasteiger partial charge in [-0.25, -0.2) is 15.0 Å². The van der Waals surface area contributed by atoms with Crippen molar-refractivity contribution in [3.63, 3.8) is 0 Å². The highest BCUT2D eigenvalue weighted by molar-refractivity contribution is 7.22. The molecule has 4 aromatic rings. The van der Waals surface area contributed by atoms with Crippen LogP contribution in [0.4, 0.5) is 10.9 Å². The lowest BCUT2D eigenvalue weighted by molar-refractivity contribution is 0.796. The number of para-hydroxylation sites is 1. The van der Waals surface area contributed by atoms with Crippen LogP contribution in [0.3, 0.4) is 0 Å². The van der Waals surface area contributed by atoms with Crippen LogP contribution in [0.2, 0.25) is 0 Å². The van der Waals surface area contributed by atoms with E-state index < -0.39 is 0 Å². The molecule has 0 aliphatic carbocycles. The molecule has 1 aromatic carbocycles. The molecule has 1 saturated heterocycles. The Morgan fingerprint density at radius 2 is 1.77 bits per heavy atom. The fourth-order valence-electron chi connectivity index (χ4n) is 3.59. The Labute approximate surface area is 155 Å². The van der Waals surface area contributed by atoms with Gasteiger partial charge >= 0.3 is 0 Å². The molecule has 0 radical (unpaired) electrons. The molecule has 5 rings (SSSR count). The monoisotopic (exact) mass is 364 g/mol. The quantitative estimate of drug-likeness (QED) is 0.589. The van der Waals surface area contributed by atoms with Gasteiger partial charge in [-0.15, -0.1) is 0 Å². The third-order valence-electron chi connectivity index (χ3n) is 4.85. The Kier molecular flexibility index (Phi) is 3.74. The summed E-state index contributed by atoms with van der Waals surface area (Å²) in [5.74, 6) is 1.84. The van der Waals surface area contributed by atoms with Crippen LogP contribution in [0.15, 0.2) is 36.5 Å². The van der Waals surface area contributed by atoms with Crippen molar-refractivity contribution in [1.82, 2.24) is 19.9 Å². The number of H-pyrrole nitrogens is 1. The molecule has 132 valence electrons. The average Bonchev–Trinajstić information content (AvgIpc) is 3.21. The van der Waals surface area contributed by atoms with Crippen molar-refractivity contribution in [1.29, 1.82) is 0 Å². The Morgan fingerprint density at radius 3 is 2.69 bits per heavy atom. The number of anilines is 2. The first-order valence-electron chi connectivity index (χ1n) is 8.95. The molecule has 3 aromatic heterocycles. The van der Waals surface area contributed by atoms with Crippen LogP contribution in [-0.2, 0) is 0 Å². The molecular formula is C19H20N6S. The first-order valence-corrected chi connectivity index (χ1v) is 9.77. The topological polar surface area (TPSA) is 60.9 Å². The smallest absolute Gasteiger partial charge is 0.186 e. The van der Waals surface area contributed by atoms with Crippen molar-refractivity contribution in [2.75, 3.05) is 36.0 Å². The zero-order chi connectivity index (χ0) is 17.5. The van der Waals surface area contributed by atoms with Crippen LogP contribution in [0.5, 0.6) is 0 Å². The largest absolute Gasteiger partial charge is 0.357 e. The summed E-state index contributed by atoms with van der Waals surface area (Å²) in [6.07, 6.45) is 3.02. The van der Waals surface area contributed by atoms with E-state index in [4.69, 9.17) is 9.97 Å². The van der Waals surface area contributed by atoms with Crippen molar-refractivity contribution in [3.05, 3.63) is 42.4 Å². The van der Waals surface area contributed by atoms with Crippen molar-refractivity contribution in [2.24, 2.45) is 0 Å². The standard InChI is InChI=1S/C19H20N6S/c1-13-21-15-7-8-20-17(15)18(22-13)24-9-4-10-25(12-11-24)19-23-14-5-2-3-6-16(14)26-19/h2-3,5-8,20H,4,9-12H2,1H3. The van der Waals surface area contributed by atoms with Gasteiger partial charge in [0.05, 0.1) is 15.7 Å². The Balaban J connectivity index is 1.42. The molecule has 7 heteroatoms. The number of nitrogens with zero attached hydrogens (tertiary/aromatic N) is 5. The van der Waals surface area contributed by atoms with E-state index in [2.05, 4.69) is 44.0 Å². The van der Waals surface area contributed by atoms with E-state index in [0.717, 1.165) is 65.9 Å². The average molecular weight is 364 g/mol. The van der Waals surface area contributed by atoms with Gasteiger partial charge in [0.25, 0.3) is 0 Å². The van der Waals surface area contributed by atoms with E-state index in [1.54, 1.807) is 11.3 Å². The van der Waals surface area contributed by atoms with E-state index in [-0.39, 0.29) is 0 Å². The van der Waals surface area contributed by atoms with Crippen LogP contribution in [0.25, 0.3) is 21.3 Å². The van der Waals surface area contributed by atoms with Crippen LogP contribution >= 0.6 is 11.3 Å². The zero-order valence-electron chi connectivity index (χ0n) is 14.6. The van der Waals surface area contributed by atoms with Crippen LogP contribution < -0.4 is 9.80 Å². The molecule has 1 fully saturated rings. The molecule has 1 aliphatic heterocycles. The molecule has 0 saturated carbocycles. The van der Waals surface area contributed by atoms with Gasteiger partial charge in [-0.2, -0.15) is 0 Å². The van der Waals surface area contributed by atoms with Crippen molar-refractivity contribution >= 4 is 43.5 Å². The summed E-state index contributed by atoms with van der Waals surface area (Å²) >= 11 is 1.78. The van der Waals surface area contributed by atoms with Crippen LogP contribution in [0, 0.1) is 6.92 Å². The van der Waals surface area contributed by atoms with E-state index in [0.29, 0.717) is 0 Å². The Morgan fingerprint density at radius 1 is 0.923 bits per heavy atom. The number of aromatic amines is 1. The van der Waals surface area contributed by atoms with Gasteiger partial charge in [0, 0.05) is 32.4 Å². The predicted molar refractivity (Wildman–Crippen MR) is 107 cm³/mol. The number of aromatic nitrogens is 4. The molecule has 0 atom stereocenters. The maximum Gasteiger partial charge on any atom is 0.186 e. The maximum atomic E-state index is 4.83. The molecule has 6 nitrogen and oxygen atoms in total. The summed E-state index contributed by atoms with van der Waals surface area (Å²) in [5, 5.41) is 1.12. The molecule has 0 amide bonds. The van der Waals surface area contributed by atoms with E-state index in [9.17, 15) is 0 Å². The number of nitrogens with one attached hydrogen (secondary N) is 1. The van der Waals surface area contributed by atoms with Crippen LogP contribution in [0.1, 0.15) is 12.2 Å². The number of aryl methyl sites for hydroxylation is 1. The van der Waals surface area contributed by atoms with Crippen molar-refractivity contribution in [2.45, 2.75) is 13.3 Å². The summed E-state index contributed by atoms with van der Waals surface area (Å²) < 4.78 is 1.25. The highest BCUT2D eigenvalue weighted by atomic mass is 32.1. The third-order valence-corrected chi connectivity index (χ3v) is 5.94. The SMILES string of the molecule is Cc1nc(N2CCCN(c3nc4ccccc4s3)CC2)c2[nH]ccc2n1. The highest BCUT2D eigenvalue weighted by Gasteiger charge is 2.21. The minimum absolute atomic E-state index is 0.819. The van der Waals surface area contributed by atoms with E-state index in [1.165, 1.54) is 4.70 Å². The fourth-order valence-corrected chi connectivity index (χ4v) is 4.60. The number of benzene rings is 1. The Hall–Kier alpha value is -2.67. The summed E-state index contributed by atoms with van der Waals surface area (Å²) in [7, 11) is 0. The Bertz CT molecular complexity index is 1040. The molecule has 0 unspecified atom stereocenters. The van der Waals surface area contributed by atoms with Gasteiger partial charge in [0.1, 0.15) is 11.3 Å². The fraction of sp³-hybridized carbons (Fsp3) is 0.316. The lowest BCUT2D eigenvalue weighted by atomic mass is 10.3. The molecule has 0 bridgehead atoms. The van der Waals surface area contributed by atoms with Gasteiger partial charge in [0.15, 0.2) is 10.9 Å². The van der Waals surface area contributed by atoms with E-state index >= 15 is 0 Å². The number of rotatable bonds is 2. The molecule has 4 heterocycles. The predicted octanol–water partition coefficient (Wildman–Crippen LogP) is 3.59. The first-order chi connectivity index (χ1) is 12.8. The highest BCUT2D eigenvalue weighted by Crippen LogP contribution is 2.30. The van der Waals surface area contributed by atoms with Gasteiger partial charge in [-0.3, -0.25) is 0 Å². The molecule has 26 heavy (non-hydrogen) atoms. The molecular weight excluding hydrogens is 344 g/mol. The summed E-state index contributed by atoms with van der Waals surface area (Å²) in [4.78, 5) is 22.1. The summed E-state index contributed by atoms with van der Waals surface area (Å²) in [6, 6.07) is 10.4. The third kappa shape index (κ3) is 2.68. The summed E-state index contributed by atoms with van der Waals surface area (Å²) in [6.45, 7) is 5.85. The van der Waals surface area contributed by atoms with Gasteiger partial charge in [-0.1, -0.05) is 23.5 Å². The lowest BCUT2D eigenvalue weighted by Crippen LogP contribution is -2.31. The minimum atomic E-state index is 0.819. The minimum Gasteiger partial charge on any atom is -0.357 e. The second-order valence-electron chi connectivity index (χ2n) is 6.62. The second kappa shape index (κ2) is 6.25. The van der Waals surface area contributed by atoms with Gasteiger partial charge in [0.2, 0.25) is 0 Å². The second-order valence-corrected chi connectivity index (χ2v) is 7.63. The normalized spacial score (nSPS) is 15.7. The van der Waals surface area contributed by atoms with Crippen molar-refractivity contribution in [3.8, 4) is 0 Å². The van der Waals surface area contributed by atoms with E-state index in [1.807, 2.05) is 19.2 Å². The maximum absolute atomic E-state index is 4.83. The zero-order valence-corrected chi connectivity index (χ0v) is 15.5. The number of fused-ring (bicyclic) bond motifs is 2.